The van der Waals surface area contributed by atoms with E-state index in [-0.39, 0.29) is 11.6 Å². The predicted molar refractivity (Wildman–Crippen MR) is 84.5 cm³/mol. The Morgan fingerprint density at radius 3 is 2.71 bits per heavy atom. The topological polar surface area (TPSA) is 115 Å². The van der Waals surface area contributed by atoms with Crippen molar-refractivity contribution in [2.24, 2.45) is 7.05 Å². The highest BCUT2D eigenvalue weighted by atomic mass is 16.2. The van der Waals surface area contributed by atoms with E-state index >= 15 is 0 Å². The first kappa shape index (κ1) is 15.7. The third-order valence-corrected chi connectivity index (χ3v) is 3.83. The number of aromatic nitrogens is 4. The van der Waals surface area contributed by atoms with Gasteiger partial charge >= 0.3 is 5.69 Å². The van der Waals surface area contributed by atoms with Crippen LogP contribution in [0.25, 0.3) is 0 Å². The van der Waals surface area contributed by atoms with Gasteiger partial charge in [0.2, 0.25) is 5.91 Å². The summed E-state index contributed by atoms with van der Waals surface area (Å²) in [5.74, 6) is -0.0702. The van der Waals surface area contributed by atoms with Gasteiger partial charge in [0.15, 0.2) is 0 Å². The molecule has 3 rings (SSSR count). The lowest BCUT2D eigenvalue weighted by Gasteiger charge is -2.10. The summed E-state index contributed by atoms with van der Waals surface area (Å²) >= 11 is 0. The highest BCUT2D eigenvalue weighted by Gasteiger charge is 2.27. The minimum Gasteiger partial charge on any atom is -0.309 e. The minimum absolute atomic E-state index is 0.000709. The van der Waals surface area contributed by atoms with Crippen LogP contribution < -0.4 is 16.6 Å². The maximum absolute atomic E-state index is 12.4. The molecule has 0 bridgehead atoms. The molecule has 9 heteroatoms. The Morgan fingerprint density at radius 2 is 2.17 bits per heavy atom. The van der Waals surface area contributed by atoms with Crippen LogP contribution in [0.1, 0.15) is 30.1 Å². The summed E-state index contributed by atoms with van der Waals surface area (Å²) in [7, 11) is 1.67. The molecular weight excluding hydrogens is 312 g/mol. The van der Waals surface area contributed by atoms with Crippen molar-refractivity contribution in [1.82, 2.24) is 18.9 Å². The summed E-state index contributed by atoms with van der Waals surface area (Å²) in [6, 6.07) is 3.46. The average Bonchev–Trinajstić information content (AvgIpc) is 3.30. The molecule has 2 aromatic heterocycles. The van der Waals surface area contributed by atoms with Crippen LogP contribution in [-0.2, 0) is 18.4 Å². The molecule has 1 N–H and O–H groups in total. The van der Waals surface area contributed by atoms with Gasteiger partial charge in [0, 0.05) is 25.4 Å². The van der Waals surface area contributed by atoms with E-state index in [0.717, 1.165) is 23.1 Å². The lowest BCUT2D eigenvalue weighted by atomic mass is 10.3. The molecule has 0 saturated heterocycles. The van der Waals surface area contributed by atoms with Crippen LogP contribution in [0.5, 0.6) is 0 Å². The monoisotopic (exact) mass is 328 g/mol. The number of carbonyl (C=O) groups is 1. The number of hydrogen-bond donors (Lipinski definition) is 1. The Morgan fingerprint density at radius 1 is 1.46 bits per heavy atom. The Hall–Kier alpha value is -3.15. The molecule has 0 unspecified atom stereocenters. The van der Waals surface area contributed by atoms with E-state index < -0.39 is 23.7 Å². The van der Waals surface area contributed by atoms with Gasteiger partial charge in [-0.1, -0.05) is 0 Å². The van der Waals surface area contributed by atoms with E-state index in [4.69, 9.17) is 5.26 Å². The average molecular weight is 328 g/mol. The fourth-order valence-corrected chi connectivity index (χ4v) is 2.51. The van der Waals surface area contributed by atoms with Gasteiger partial charge < -0.3 is 5.32 Å². The molecule has 24 heavy (non-hydrogen) atoms. The smallest absolute Gasteiger partial charge is 0.309 e. The first-order chi connectivity index (χ1) is 11.4. The van der Waals surface area contributed by atoms with Crippen molar-refractivity contribution in [3.8, 4) is 6.07 Å². The first-order valence-corrected chi connectivity index (χ1v) is 7.47. The zero-order chi connectivity index (χ0) is 17.4. The molecule has 2 heterocycles. The zero-order valence-electron chi connectivity index (χ0n) is 13.3. The quantitative estimate of drug-likeness (QED) is 0.841. The number of anilines is 1. The fourth-order valence-electron chi connectivity index (χ4n) is 2.51. The van der Waals surface area contributed by atoms with Crippen molar-refractivity contribution in [3.63, 3.8) is 0 Å². The number of hydrogen-bond acceptors (Lipinski definition) is 5. The molecule has 1 saturated carbocycles. The van der Waals surface area contributed by atoms with Gasteiger partial charge in [0.1, 0.15) is 24.0 Å². The van der Waals surface area contributed by atoms with E-state index in [1.165, 1.54) is 15.4 Å². The van der Waals surface area contributed by atoms with Crippen LogP contribution in [0.3, 0.4) is 0 Å². The second-order valence-electron chi connectivity index (χ2n) is 5.81. The minimum atomic E-state index is -0.754. The van der Waals surface area contributed by atoms with Crippen molar-refractivity contribution in [2.45, 2.75) is 32.4 Å². The molecular formula is C15H16N6O3. The molecule has 0 aromatic carbocycles. The summed E-state index contributed by atoms with van der Waals surface area (Å²) in [5.41, 5.74) is -0.744. The van der Waals surface area contributed by atoms with Crippen LogP contribution in [0.15, 0.2) is 21.9 Å². The molecule has 124 valence electrons. The second kappa shape index (κ2) is 5.81. The van der Waals surface area contributed by atoms with Crippen molar-refractivity contribution in [1.29, 1.82) is 5.26 Å². The molecule has 0 aliphatic heterocycles. The van der Waals surface area contributed by atoms with Gasteiger partial charge in [-0.2, -0.15) is 10.4 Å². The molecule has 1 fully saturated rings. The number of amides is 1. The van der Waals surface area contributed by atoms with Gasteiger partial charge in [-0.3, -0.25) is 18.8 Å². The van der Waals surface area contributed by atoms with E-state index in [0.29, 0.717) is 5.82 Å². The third kappa shape index (κ3) is 2.86. The molecule has 1 amide bonds. The number of aryl methyl sites for hydroxylation is 2. The highest BCUT2D eigenvalue weighted by molar-refractivity contribution is 5.89. The standard InChI is InChI=1S/C15H16N6O3/c1-9-5-12(19(2)18-9)17-13(22)8-21-14(23)10(6-16)7-20(15(21)24)11-3-4-11/h5,7,11H,3-4,8H2,1-2H3,(H,17,22). The van der Waals surface area contributed by atoms with Crippen LogP contribution in [0.2, 0.25) is 0 Å². The molecule has 0 radical (unpaired) electrons. The molecule has 9 nitrogen and oxygen atoms in total. The summed E-state index contributed by atoms with van der Waals surface area (Å²) in [6.07, 6.45) is 2.92. The summed E-state index contributed by atoms with van der Waals surface area (Å²) in [6.45, 7) is 1.33. The lowest BCUT2D eigenvalue weighted by molar-refractivity contribution is -0.116. The van der Waals surface area contributed by atoms with E-state index in [1.807, 2.05) is 0 Å². The van der Waals surface area contributed by atoms with Crippen molar-refractivity contribution >= 4 is 11.7 Å². The first-order valence-electron chi connectivity index (χ1n) is 7.47. The fraction of sp³-hybridized carbons (Fsp3) is 0.400. The van der Waals surface area contributed by atoms with Crippen LogP contribution in [0, 0.1) is 18.3 Å². The maximum Gasteiger partial charge on any atom is 0.331 e. The Bertz CT molecular complexity index is 971. The van der Waals surface area contributed by atoms with Crippen molar-refractivity contribution in [2.75, 3.05) is 5.32 Å². The van der Waals surface area contributed by atoms with Crippen LogP contribution in [0.4, 0.5) is 5.82 Å². The molecule has 1 aliphatic carbocycles. The Kier molecular flexibility index (Phi) is 3.81. The number of carbonyl (C=O) groups excluding carboxylic acids is 1. The van der Waals surface area contributed by atoms with E-state index in [2.05, 4.69) is 10.4 Å². The van der Waals surface area contributed by atoms with E-state index in [1.54, 1.807) is 26.1 Å². The van der Waals surface area contributed by atoms with Gasteiger partial charge in [-0.05, 0) is 19.8 Å². The summed E-state index contributed by atoms with van der Waals surface area (Å²) in [5, 5.41) is 15.8. The van der Waals surface area contributed by atoms with Gasteiger partial charge in [0.05, 0.1) is 5.69 Å². The second-order valence-corrected chi connectivity index (χ2v) is 5.81. The Labute approximate surface area is 136 Å². The van der Waals surface area contributed by atoms with E-state index in [9.17, 15) is 14.4 Å². The normalized spacial score (nSPS) is 13.5. The zero-order valence-corrected chi connectivity index (χ0v) is 13.3. The highest BCUT2D eigenvalue weighted by Crippen LogP contribution is 2.33. The number of nitrogens with one attached hydrogen (secondary N) is 1. The Balaban J connectivity index is 1.92. The van der Waals surface area contributed by atoms with Crippen LogP contribution >= 0.6 is 0 Å². The van der Waals surface area contributed by atoms with Gasteiger partial charge in [-0.15, -0.1) is 0 Å². The van der Waals surface area contributed by atoms with Crippen molar-refractivity contribution in [3.05, 3.63) is 44.4 Å². The predicted octanol–water partition coefficient (Wildman–Crippen LogP) is -0.103. The van der Waals surface area contributed by atoms with Crippen molar-refractivity contribution < 1.29 is 4.79 Å². The number of nitrogens with zero attached hydrogens (tertiary/aromatic N) is 5. The summed E-state index contributed by atoms with van der Waals surface area (Å²) < 4.78 is 3.65. The van der Waals surface area contributed by atoms with Gasteiger partial charge in [0.25, 0.3) is 5.56 Å². The van der Waals surface area contributed by atoms with Crippen LogP contribution in [-0.4, -0.2) is 24.8 Å². The lowest BCUT2D eigenvalue weighted by Crippen LogP contribution is -2.43. The molecule has 2 aromatic rings. The third-order valence-electron chi connectivity index (χ3n) is 3.83. The maximum atomic E-state index is 12.4. The SMILES string of the molecule is Cc1cc(NC(=O)Cn2c(=O)c(C#N)cn(C3CC3)c2=O)n(C)n1. The molecule has 1 aliphatic rings. The number of rotatable bonds is 4. The summed E-state index contributed by atoms with van der Waals surface area (Å²) in [4.78, 5) is 36.8. The number of nitriles is 1. The molecule has 0 spiro atoms. The van der Waals surface area contributed by atoms with Gasteiger partial charge in [-0.25, -0.2) is 9.36 Å². The largest absolute Gasteiger partial charge is 0.331 e. The molecule has 0 atom stereocenters.